The minimum absolute atomic E-state index is 0.0595. The van der Waals surface area contributed by atoms with Crippen LogP contribution in [0.5, 0.6) is 0 Å². The van der Waals surface area contributed by atoms with Gasteiger partial charge in [-0.15, -0.1) is 10.2 Å². The Morgan fingerprint density at radius 2 is 1.68 bits per heavy atom. The van der Waals surface area contributed by atoms with E-state index in [4.69, 9.17) is 17.3 Å². The minimum atomic E-state index is -1.51. The Labute approximate surface area is 147 Å². The largest absolute Gasteiger partial charge is 0.354 e. The number of hydrogen-bond acceptors (Lipinski definition) is 4. The maximum Gasteiger partial charge on any atom is 0.195 e. The monoisotopic (exact) mass is 368 g/mol. The Morgan fingerprint density at radius 1 is 1.00 bits per heavy atom. The number of aromatic nitrogens is 2. The molecule has 132 valence electrons. The molecule has 1 aliphatic heterocycles. The van der Waals surface area contributed by atoms with E-state index in [9.17, 15) is 13.2 Å². The van der Waals surface area contributed by atoms with Crippen LogP contribution in [0.2, 0.25) is 5.15 Å². The Balaban J connectivity index is 1.75. The van der Waals surface area contributed by atoms with Gasteiger partial charge in [-0.2, -0.15) is 0 Å². The van der Waals surface area contributed by atoms with Crippen molar-refractivity contribution in [2.45, 2.75) is 18.9 Å². The lowest BCUT2D eigenvalue weighted by Gasteiger charge is -2.22. The van der Waals surface area contributed by atoms with Crippen molar-refractivity contribution in [1.29, 1.82) is 0 Å². The second kappa shape index (κ2) is 6.14. The van der Waals surface area contributed by atoms with E-state index in [1.54, 1.807) is 0 Å². The van der Waals surface area contributed by atoms with Crippen molar-refractivity contribution in [2.75, 3.05) is 18.0 Å². The first-order chi connectivity index (χ1) is 11.9. The molecule has 0 radical (unpaired) electrons. The van der Waals surface area contributed by atoms with Gasteiger partial charge in [-0.1, -0.05) is 11.6 Å². The predicted molar refractivity (Wildman–Crippen MR) is 88.8 cm³/mol. The van der Waals surface area contributed by atoms with E-state index >= 15 is 0 Å². The first kappa shape index (κ1) is 16.6. The van der Waals surface area contributed by atoms with Gasteiger partial charge in [0, 0.05) is 30.3 Å². The molecule has 2 aliphatic rings. The van der Waals surface area contributed by atoms with Crippen molar-refractivity contribution < 1.29 is 13.2 Å². The molecule has 0 amide bonds. The third-order valence-electron chi connectivity index (χ3n) is 5.16. The average Bonchev–Trinajstić information content (AvgIpc) is 3.10. The highest BCUT2D eigenvalue weighted by Crippen LogP contribution is 2.41. The summed E-state index contributed by atoms with van der Waals surface area (Å²) in [6.45, 7) is 1.46. The smallest absolute Gasteiger partial charge is 0.195 e. The SMILES string of the molecule is NC1CC2CN(c3nnc(Cl)cc3-c3ccc(F)c(F)c3F)CC2C1. The maximum atomic E-state index is 14.3. The van der Waals surface area contributed by atoms with E-state index in [-0.39, 0.29) is 16.8 Å². The van der Waals surface area contributed by atoms with Crippen molar-refractivity contribution in [3.8, 4) is 11.1 Å². The van der Waals surface area contributed by atoms with Gasteiger partial charge in [0.05, 0.1) is 0 Å². The zero-order valence-corrected chi connectivity index (χ0v) is 14.0. The zero-order valence-electron chi connectivity index (χ0n) is 13.2. The summed E-state index contributed by atoms with van der Waals surface area (Å²) < 4.78 is 41.2. The lowest BCUT2D eigenvalue weighted by molar-refractivity contribution is 0.449. The number of hydrogen-bond donors (Lipinski definition) is 1. The third-order valence-corrected chi connectivity index (χ3v) is 5.34. The van der Waals surface area contributed by atoms with Crippen molar-refractivity contribution >= 4 is 17.4 Å². The van der Waals surface area contributed by atoms with Crippen molar-refractivity contribution in [2.24, 2.45) is 17.6 Å². The molecule has 1 saturated heterocycles. The molecule has 25 heavy (non-hydrogen) atoms. The summed E-state index contributed by atoms with van der Waals surface area (Å²) in [5.74, 6) is -2.67. The fourth-order valence-corrected chi connectivity index (χ4v) is 4.19. The molecule has 2 heterocycles. The number of fused-ring (bicyclic) bond motifs is 1. The highest BCUT2D eigenvalue weighted by atomic mass is 35.5. The molecule has 2 atom stereocenters. The number of benzene rings is 1. The highest BCUT2D eigenvalue weighted by Gasteiger charge is 2.40. The molecule has 2 unspecified atom stereocenters. The van der Waals surface area contributed by atoms with Gasteiger partial charge in [0.25, 0.3) is 0 Å². The van der Waals surface area contributed by atoms with Crippen LogP contribution >= 0.6 is 11.6 Å². The predicted octanol–water partition coefficient (Wildman–Crippen LogP) is 3.39. The van der Waals surface area contributed by atoms with Gasteiger partial charge >= 0.3 is 0 Å². The summed E-state index contributed by atoms with van der Waals surface area (Å²) >= 11 is 5.91. The number of halogens is 4. The first-order valence-electron chi connectivity index (χ1n) is 8.11. The van der Waals surface area contributed by atoms with Crippen LogP contribution in [-0.4, -0.2) is 29.3 Å². The van der Waals surface area contributed by atoms with E-state index in [2.05, 4.69) is 10.2 Å². The number of nitrogens with two attached hydrogens (primary N) is 1. The maximum absolute atomic E-state index is 14.3. The number of rotatable bonds is 2. The van der Waals surface area contributed by atoms with E-state index in [0.717, 1.165) is 32.0 Å². The highest BCUT2D eigenvalue weighted by molar-refractivity contribution is 6.29. The van der Waals surface area contributed by atoms with Crippen LogP contribution in [0, 0.1) is 29.3 Å². The number of nitrogens with zero attached hydrogens (tertiary/aromatic N) is 3. The van der Waals surface area contributed by atoms with E-state index < -0.39 is 17.5 Å². The molecule has 4 nitrogen and oxygen atoms in total. The molecule has 1 saturated carbocycles. The first-order valence-corrected chi connectivity index (χ1v) is 8.49. The molecule has 1 aromatic heterocycles. The molecule has 2 fully saturated rings. The lowest BCUT2D eigenvalue weighted by Crippen LogP contribution is -2.26. The summed E-state index contributed by atoms with van der Waals surface area (Å²) in [7, 11) is 0. The van der Waals surface area contributed by atoms with Crippen LogP contribution in [0.3, 0.4) is 0 Å². The molecule has 0 spiro atoms. The summed E-state index contributed by atoms with van der Waals surface area (Å²) in [5, 5.41) is 8.01. The third kappa shape index (κ3) is 2.85. The standard InChI is InChI=1S/C17H16ClF3N4/c18-14-5-12(11-1-2-13(19)16(21)15(11)20)17(24-23-14)25-6-8-3-10(22)4-9(8)7-25/h1-2,5,8-10H,3-4,6-7,22H2. The fourth-order valence-electron chi connectivity index (χ4n) is 4.05. The second-order valence-corrected chi connectivity index (χ2v) is 7.17. The molecule has 4 rings (SSSR count). The molecule has 1 aliphatic carbocycles. The molecule has 2 aromatic rings. The van der Waals surface area contributed by atoms with Crippen molar-refractivity contribution in [3.05, 3.63) is 40.8 Å². The topological polar surface area (TPSA) is 55.0 Å². The van der Waals surface area contributed by atoms with Gasteiger partial charge in [0.2, 0.25) is 0 Å². The van der Waals surface area contributed by atoms with Crippen molar-refractivity contribution in [1.82, 2.24) is 10.2 Å². The summed E-state index contributed by atoms with van der Waals surface area (Å²) in [4.78, 5) is 2.00. The summed E-state index contributed by atoms with van der Waals surface area (Å²) in [6.07, 6.45) is 1.88. The quantitative estimate of drug-likeness (QED) is 0.826. The Morgan fingerprint density at radius 3 is 2.36 bits per heavy atom. The molecule has 1 aromatic carbocycles. The normalized spacial score (nSPS) is 25.5. The molecular weight excluding hydrogens is 353 g/mol. The zero-order chi connectivity index (χ0) is 17.7. The van der Waals surface area contributed by atoms with Gasteiger partial charge in [0.15, 0.2) is 28.4 Å². The Bertz CT molecular complexity index is 818. The van der Waals surface area contributed by atoms with Gasteiger partial charge in [-0.25, -0.2) is 13.2 Å². The van der Waals surface area contributed by atoms with Crippen LogP contribution in [-0.2, 0) is 0 Å². The van der Waals surface area contributed by atoms with Crippen LogP contribution in [0.25, 0.3) is 11.1 Å². The van der Waals surface area contributed by atoms with E-state index in [1.807, 2.05) is 4.90 Å². The lowest BCUT2D eigenvalue weighted by atomic mass is 10.0. The van der Waals surface area contributed by atoms with E-state index in [0.29, 0.717) is 23.2 Å². The van der Waals surface area contributed by atoms with E-state index in [1.165, 1.54) is 12.1 Å². The Hall–Kier alpha value is -1.86. The summed E-state index contributed by atoms with van der Waals surface area (Å²) in [5.41, 5.74) is 6.23. The number of anilines is 1. The van der Waals surface area contributed by atoms with Gasteiger partial charge in [0.1, 0.15) is 0 Å². The summed E-state index contributed by atoms with van der Waals surface area (Å²) in [6, 6.07) is 3.73. The molecule has 0 bridgehead atoms. The van der Waals surface area contributed by atoms with Gasteiger partial charge in [-0.05, 0) is 42.9 Å². The molecule has 2 N–H and O–H groups in total. The van der Waals surface area contributed by atoms with Crippen LogP contribution in [0.15, 0.2) is 18.2 Å². The second-order valence-electron chi connectivity index (χ2n) is 6.78. The van der Waals surface area contributed by atoms with Crippen LogP contribution in [0.4, 0.5) is 19.0 Å². The van der Waals surface area contributed by atoms with Crippen LogP contribution in [0.1, 0.15) is 12.8 Å². The fraction of sp³-hybridized carbons (Fsp3) is 0.412. The van der Waals surface area contributed by atoms with Gasteiger partial charge < -0.3 is 10.6 Å². The Kier molecular flexibility index (Phi) is 4.08. The van der Waals surface area contributed by atoms with Gasteiger partial charge in [-0.3, -0.25) is 0 Å². The van der Waals surface area contributed by atoms with Crippen molar-refractivity contribution in [3.63, 3.8) is 0 Å². The molecular formula is C17H16ClF3N4. The minimum Gasteiger partial charge on any atom is -0.354 e. The average molecular weight is 369 g/mol. The van der Waals surface area contributed by atoms with Crippen LogP contribution < -0.4 is 10.6 Å². The molecule has 8 heteroatoms.